The average Bonchev–Trinajstić information content (AvgIpc) is 3.27. The molecule has 0 aliphatic carbocycles. The topological polar surface area (TPSA) is 79.1 Å². The van der Waals surface area contributed by atoms with Gasteiger partial charge in [-0.2, -0.15) is 0 Å². The second-order valence-electron chi connectivity index (χ2n) is 9.43. The number of hydrogen-bond donors (Lipinski definition) is 0. The molecule has 0 spiro atoms. The molecule has 12 heteroatoms. The zero-order valence-electron chi connectivity index (χ0n) is 23.1. The zero-order valence-corrected chi connectivity index (χ0v) is 27.0. The van der Waals surface area contributed by atoms with Crippen molar-refractivity contribution in [1.82, 2.24) is 4.57 Å². The largest absolute Gasteiger partial charge is 0.493 e. The van der Waals surface area contributed by atoms with Crippen molar-refractivity contribution in [3.05, 3.63) is 123 Å². The van der Waals surface area contributed by atoms with Gasteiger partial charge in [0.05, 0.1) is 50.1 Å². The fourth-order valence-corrected chi connectivity index (χ4v) is 6.59. The van der Waals surface area contributed by atoms with Crippen LogP contribution in [0.1, 0.15) is 36.6 Å². The van der Waals surface area contributed by atoms with Crippen LogP contribution in [0.15, 0.2) is 80.1 Å². The van der Waals surface area contributed by atoms with Crippen LogP contribution >= 0.6 is 50.5 Å². The molecule has 43 heavy (non-hydrogen) atoms. The number of esters is 1. The molecule has 1 aliphatic rings. The molecule has 222 valence electrons. The fraction of sp³-hybridized carbons (Fsp3) is 0.194. The summed E-state index contributed by atoms with van der Waals surface area (Å²) in [6.07, 6.45) is 1.71. The van der Waals surface area contributed by atoms with Crippen molar-refractivity contribution in [2.24, 2.45) is 4.99 Å². The highest BCUT2D eigenvalue weighted by molar-refractivity contribution is 9.10. The first-order chi connectivity index (χ1) is 20.6. The highest BCUT2D eigenvalue weighted by Crippen LogP contribution is 2.38. The molecule has 1 aromatic heterocycles. The number of rotatable bonds is 8. The van der Waals surface area contributed by atoms with Crippen molar-refractivity contribution < 1.29 is 23.4 Å². The van der Waals surface area contributed by atoms with Crippen molar-refractivity contribution in [3.8, 4) is 11.5 Å². The molecule has 1 atom stereocenters. The van der Waals surface area contributed by atoms with E-state index in [2.05, 4.69) is 20.9 Å². The summed E-state index contributed by atoms with van der Waals surface area (Å²) in [7, 11) is 1.52. The van der Waals surface area contributed by atoms with E-state index in [9.17, 15) is 14.0 Å². The lowest BCUT2D eigenvalue weighted by molar-refractivity contribution is -0.139. The van der Waals surface area contributed by atoms with Gasteiger partial charge in [0.15, 0.2) is 16.3 Å². The molecule has 2 heterocycles. The lowest BCUT2D eigenvalue weighted by Crippen LogP contribution is -2.39. The maximum Gasteiger partial charge on any atom is 0.338 e. The number of fused-ring (bicyclic) bond motifs is 1. The van der Waals surface area contributed by atoms with E-state index in [0.717, 1.165) is 5.56 Å². The number of halogens is 4. The Hall–Kier alpha value is -3.44. The molecule has 0 saturated carbocycles. The number of carbonyl (C=O) groups excluding carboxylic acids is 1. The molecule has 5 rings (SSSR count). The Balaban J connectivity index is 1.56. The van der Waals surface area contributed by atoms with E-state index in [4.69, 9.17) is 37.4 Å². The Labute approximate surface area is 268 Å². The van der Waals surface area contributed by atoms with Gasteiger partial charge in [-0.25, -0.2) is 14.2 Å². The predicted molar refractivity (Wildman–Crippen MR) is 168 cm³/mol. The number of aromatic nitrogens is 1. The predicted octanol–water partition coefficient (Wildman–Crippen LogP) is 6.59. The molecule has 7 nitrogen and oxygen atoms in total. The number of nitrogens with zero attached hydrogens (tertiary/aromatic N) is 2. The number of hydrogen-bond acceptors (Lipinski definition) is 7. The zero-order chi connectivity index (χ0) is 30.8. The van der Waals surface area contributed by atoms with Crippen molar-refractivity contribution in [2.75, 3.05) is 13.7 Å². The first-order valence-corrected chi connectivity index (χ1v) is 15.4. The quantitative estimate of drug-likeness (QED) is 0.193. The third-order valence-corrected chi connectivity index (χ3v) is 8.93. The Bertz CT molecular complexity index is 1940. The molecular weight excluding hydrogens is 682 g/mol. The van der Waals surface area contributed by atoms with Gasteiger partial charge in [-0.3, -0.25) is 9.36 Å². The fourth-order valence-electron chi connectivity index (χ4n) is 4.65. The summed E-state index contributed by atoms with van der Waals surface area (Å²) in [6.45, 7) is 3.76. The Morgan fingerprint density at radius 2 is 1.88 bits per heavy atom. The van der Waals surface area contributed by atoms with Crippen LogP contribution in [0.3, 0.4) is 0 Å². The van der Waals surface area contributed by atoms with Gasteiger partial charge in [0, 0.05) is 0 Å². The molecule has 4 aromatic rings. The van der Waals surface area contributed by atoms with Gasteiger partial charge in [0.2, 0.25) is 0 Å². The second-order valence-corrected chi connectivity index (χ2v) is 12.1. The Morgan fingerprint density at radius 3 is 2.56 bits per heavy atom. The van der Waals surface area contributed by atoms with Gasteiger partial charge in [-0.1, -0.05) is 52.7 Å². The first-order valence-electron chi connectivity index (χ1n) is 13.0. The van der Waals surface area contributed by atoms with Crippen LogP contribution in [-0.4, -0.2) is 24.3 Å². The molecule has 0 unspecified atom stereocenters. The SMILES string of the molecule is CCOC(=O)C1=C(C)N=c2s/c(=C\c3cc(Br)c(OCc4ccc(Cl)c(Cl)c4)c(OC)c3)c(=O)n2[C@@H]1c1ccc(F)cc1. The van der Waals surface area contributed by atoms with Crippen LogP contribution in [0.25, 0.3) is 6.08 Å². The summed E-state index contributed by atoms with van der Waals surface area (Å²) in [4.78, 5) is 31.9. The Kier molecular flexibility index (Phi) is 9.41. The van der Waals surface area contributed by atoms with E-state index in [1.54, 1.807) is 56.3 Å². The molecule has 0 bridgehead atoms. The molecule has 0 amide bonds. The van der Waals surface area contributed by atoms with Crippen LogP contribution in [0.5, 0.6) is 11.5 Å². The van der Waals surface area contributed by atoms with Gasteiger partial charge < -0.3 is 14.2 Å². The average molecular weight is 706 g/mol. The van der Waals surface area contributed by atoms with Crippen LogP contribution in [-0.2, 0) is 16.1 Å². The summed E-state index contributed by atoms with van der Waals surface area (Å²) in [6, 6.07) is 13.6. The molecular formula is C31H24BrCl2FN2O5S. The number of methoxy groups -OCH3 is 1. The van der Waals surface area contributed by atoms with Crippen molar-refractivity contribution in [3.63, 3.8) is 0 Å². The third-order valence-electron chi connectivity index (χ3n) is 6.62. The van der Waals surface area contributed by atoms with Crippen LogP contribution in [0.2, 0.25) is 10.0 Å². The van der Waals surface area contributed by atoms with Gasteiger partial charge in [0.1, 0.15) is 12.4 Å². The first kappa shape index (κ1) is 31.0. The molecule has 0 fully saturated rings. The molecule has 0 N–H and O–H groups in total. The molecule has 1 aliphatic heterocycles. The molecule has 3 aromatic carbocycles. The second kappa shape index (κ2) is 13.1. The van der Waals surface area contributed by atoms with Crippen molar-refractivity contribution in [1.29, 1.82) is 0 Å². The summed E-state index contributed by atoms with van der Waals surface area (Å²) in [5.74, 6) is -0.104. The summed E-state index contributed by atoms with van der Waals surface area (Å²) in [5.41, 5.74) is 2.33. The van der Waals surface area contributed by atoms with Gasteiger partial charge in [-0.05, 0) is 88.9 Å². The lowest BCUT2D eigenvalue weighted by Gasteiger charge is -2.24. The lowest BCUT2D eigenvalue weighted by atomic mass is 9.96. The van der Waals surface area contributed by atoms with Crippen molar-refractivity contribution >= 4 is 62.5 Å². The maximum absolute atomic E-state index is 13.9. The summed E-state index contributed by atoms with van der Waals surface area (Å²) in [5, 5.41) is 0.881. The van der Waals surface area contributed by atoms with Gasteiger partial charge in [-0.15, -0.1) is 0 Å². The minimum Gasteiger partial charge on any atom is -0.493 e. The number of benzene rings is 3. The van der Waals surface area contributed by atoms with E-state index in [-0.39, 0.29) is 24.3 Å². The van der Waals surface area contributed by atoms with E-state index < -0.39 is 17.8 Å². The molecule has 0 radical (unpaired) electrons. The number of ether oxygens (including phenoxy) is 3. The van der Waals surface area contributed by atoms with Crippen LogP contribution in [0.4, 0.5) is 4.39 Å². The van der Waals surface area contributed by atoms with Gasteiger partial charge in [0.25, 0.3) is 5.56 Å². The summed E-state index contributed by atoms with van der Waals surface area (Å²) < 4.78 is 33.2. The minimum absolute atomic E-state index is 0.153. The molecule has 0 saturated heterocycles. The van der Waals surface area contributed by atoms with E-state index in [1.807, 2.05) is 6.07 Å². The van der Waals surface area contributed by atoms with Crippen LogP contribution < -0.4 is 24.4 Å². The highest BCUT2D eigenvalue weighted by Gasteiger charge is 2.33. The third kappa shape index (κ3) is 6.43. The minimum atomic E-state index is -0.837. The number of carbonyl (C=O) groups is 1. The summed E-state index contributed by atoms with van der Waals surface area (Å²) >= 11 is 16.9. The van der Waals surface area contributed by atoms with Crippen molar-refractivity contribution in [2.45, 2.75) is 26.5 Å². The standard InChI is InChI=1S/C31H24BrCl2FN2O5S/c1-4-41-30(39)26-16(2)36-31-37(27(26)19-6-8-20(35)9-7-19)29(38)25(43-31)14-18-11-21(32)28(24(13-18)40-3)42-15-17-5-10-22(33)23(34)12-17/h5-14,27H,4,15H2,1-3H3/b25-14-/t27-/m1/s1. The normalized spacial score (nSPS) is 14.8. The highest BCUT2D eigenvalue weighted by atomic mass is 79.9. The Morgan fingerprint density at radius 1 is 1.14 bits per heavy atom. The maximum atomic E-state index is 13.9. The van der Waals surface area contributed by atoms with Crippen LogP contribution in [0, 0.1) is 5.82 Å². The van der Waals surface area contributed by atoms with Gasteiger partial charge >= 0.3 is 5.97 Å². The van der Waals surface area contributed by atoms with E-state index in [1.165, 1.54) is 35.1 Å². The van der Waals surface area contributed by atoms with E-state index >= 15 is 0 Å². The number of thiazole rings is 1. The monoisotopic (exact) mass is 704 g/mol. The van der Waals surface area contributed by atoms with E-state index in [0.29, 0.717) is 52.2 Å². The smallest absolute Gasteiger partial charge is 0.338 e. The number of allylic oxidation sites excluding steroid dienone is 1.